The van der Waals surface area contributed by atoms with Crippen molar-refractivity contribution in [2.45, 2.75) is 18.9 Å². The van der Waals surface area contributed by atoms with Crippen LogP contribution in [-0.2, 0) is 16.0 Å². The molecule has 1 saturated heterocycles. The Bertz CT molecular complexity index is 473. The summed E-state index contributed by atoms with van der Waals surface area (Å²) in [5, 5.41) is 14.6. The van der Waals surface area contributed by atoms with Crippen LogP contribution in [0.4, 0.5) is 5.69 Å². The fourth-order valence-electron chi connectivity index (χ4n) is 1.85. The smallest absolute Gasteiger partial charge is 0.303 e. The molecular weight excluding hydrogens is 264 g/mol. The number of anilines is 1. The van der Waals surface area contributed by atoms with Crippen LogP contribution in [0, 0.1) is 0 Å². The molecule has 1 unspecified atom stereocenters. The van der Waals surface area contributed by atoms with E-state index in [2.05, 4.69) is 10.6 Å². The van der Waals surface area contributed by atoms with Gasteiger partial charge >= 0.3 is 5.97 Å². The quantitative estimate of drug-likeness (QED) is 0.758. The van der Waals surface area contributed by atoms with Crippen molar-refractivity contribution < 1.29 is 14.7 Å². The summed E-state index contributed by atoms with van der Waals surface area (Å²) >= 11 is 1.70. The number of aryl methyl sites for hydroxylation is 1. The Balaban J connectivity index is 1.94. The number of amides is 1. The molecule has 1 heterocycles. The van der Waals surface area contributed by atoms with Crippen molar-refractivity contribution in [1.82, 2.24) is 5.32 Å². The van der Waals surface area contributed by atoms with Crippen molar-refractivity contribution in [3.05, 3.63) is 29.8 Å². The first-order valence-corrected chi connectivity index (χ1v) is 7.23. The van der Waals surface area contributed by atoms with Crippen molar-refractivity contribution >= 4 is 29.3 Å². The standard InChI is InChI=1S/C13H16N2O3S/c16-12(17)5-4-9-2-1-3-10(6-9)15-13(18)11-7-19-8-14-11/h1-3,6,11,14H,4-5,7-8H2,(H,15,18)(H,16,17). The minimum Gasteiger partial charge on any atom is -0.481 e. The number of carboxylic acid groups (broad SMARTS) is 1. The van der Waals surface area contributed by atoms with Crippen molar-refractivity contribution in [1.29, 1.82) is 0 Å². The Morgan fingerprint density at radius 2 is 2.32 bits per heavy atom. The summed E-state index contributed by atoms with van der Waals surface area (Å²) in [6.07, 6.45) is 0.564. The number of carbonyl (C=O) groups excluding carboxylic acids is 1. The fourth-order valence-corrected chi connectivity index (χ4v) is 2.79. The molecule has 1 aliphatic rings. The molecule has 0 bridgehead atoms. The fraction of sp³-hybridized carbons (Fsp3) is 0.385. The highest BCUT2D eigenvalue weighted by Crippen LogP contribution is 2.15. The largest absolute Gasteiger partial charge is 0.481 e. The molecule has 0 aliphatic carbocycles. The molecule has 1 amide bonds. The lowest BCUT2D eigenvalue weighted by atomic mass is 10.1. The molecule has 0 spiro atoms. The van der Waals surface area contributed by atoms with Crippen LogP contribution in [0.3, 0.4) is 0 Å². The third-order valence-corrected chi connectivity index (χ3v) is 3.79. The van der Waals surface area contributed by atoms with E-state index in [9.17, 15) is 9.59 Å². The Morgan fingerprint density at radius 1 is 1.47 bits per heavy atom. The second-order valence-electron chi connectivity index (χ2n) is 4.36. The first-order chi connectivity index (χ1) is 9.15. The number of hydrogen-bond donors (Lipinski definition) is 3. The Morgan fingerprint density at radius 3 is 3.00 bits per heavy atom. The monoisotopic (exact) mass is 280 g/mol. The van der Waals surface area contributed by atoms with Gasteiger partial charge in [0.2, 0.25) is 5.91 Å². The van der Waals surface area contributed by atoms with Crippen molar-refractivity contribution in [2.24, 2.45) is 0 Å². The van der Waals surface area contributed by atoms with Gasteiger partial charge in [0.1, 0.15) is 0 Å². The predicted molar refractivity (Wildman–Crippen MR) is 75.3 cm³/mol. The van der Waals surface area contributed by atoms with Crippen LogP contribution < -0.4 is 10.6 Å². The molecule has 2 rings (SSSR count). The van der Waals surface area contributed by atoms with Gasteiger partial charge in [-0.3, -0.25) is 14.9 Å². The van der Waals surface area contributed by atoms with E-state index in [0.29, 0.717) is 12.1 Å². The molecule has 1 aliphatic heterocycles. The summed E-state index contributed by atoms with van der Waals surface area (Å²) in [5.74, 6) is 0.725. The van der Waals surface area contributed by atoms with Crippen LogP contribution in [-0.4, -0.2) is 34.7 Å². The highest BCUT2D eigenvalue weighted by atomic mass is 32.2. The summed E-state index contributed by atoms with van der Waals surface area (Å²) < 4.78 is 0. The summed E-state index contributed by atoms with van der Waals surface area (Å²) in [6.45, 7) is 0. The number of thioether (sulfide) groups is 1. The number of rotatable bonds is 5. The molecule has 0 saturated carbocycles. The SMILES string of the molecule is O=C(O)CCc1cccc(NC(=O)C2CSCN2)c1. The minimum absolute atomic E-state index is 0.0413. The van der Waals surface area contributed by atoms with Gasteiger partial charge in [-0.1, -0.05) is 12.1 Å². The first-order valence-electron chi connectivity index (χ1n) is 6.08. The van der Waals surface area contributed by atoms with E-state index >= 15 is 0 Å². The number of benzene rings is 1. The van der Waals surface area contributed by atoms with Gasteiger partial charge in [-0.15, -0.1) is 11.8 Å². The number of carbonyl (C=O) groups is 2. The second-order valence-corrected chi connectivity index (χ2v) is 5.39. The third kappa shape index (κ3) is 4.25. The van der Waals surface area contributed by atoms with Crippen molar-refractivity contribution in [3.63, 3.8) is 0 Å². The van der Waals surface area contributed by atoms with E-state index in [1.54, 1.807) is 11.8 Å². The maximum Gasteiger partial charge on any atom is 0.303 e. The maximum atomic E-state index is 11.9. The summed E-state index contributed by atoms with van der Waals surface area (Å²) in [5.41, 5.74) is 1.63. The normalized spacial score (nSPS) is 18.2. The van der Waals surface area contributed by atoms with E-state index < -0.39 is 5.97 Å². The minimum atomic E-state index is -0.818. The molecule has 3 N–H and O–H groups in total. The molecule has 1 fully saturated rings. The lowest BCUT2D eigenvalue weighted by molar-refractivity contribution is -0.137. The first kappa shape index (κ1) is 13.9. The number of hydrogen-bond acceptors (Lipinski definition) is 4. The van der Waals surface area contributed by atoms with E-state index in [1.807, 2.05) is 24.3 Å². The Hall–Kier alpha value is -1.53. The van der Waals surface area contributed by atoms with Crippen molar-refractivity contribution in [3.8, 4) is 0 Å². The average molecular weight is 280 g/mol. The van der Waals surface area contributed by atoms with Crippen LogP contribution in [0.1, 0.15) is 12.0 Å². The highest BCUT2D eigenvalue weighted by Gasteiger charge is 2.22. The number of carboxylic acids is 1. The van der Waals surface area contributed by atoms with Crippen LogP contribution in [0.5, 0.6) is 0 Å². The second kappa shape index (κ2) is 6.58. The zero-order valence-electron chi connectivity index (χ0n) is 10.4. The number of aliphatic carboxylic acids is 1. The van der Waals surface area contributed by atoms with Crippen LogP contribution >= 0.6 is 11.8 Å². The number of nitrogens with one attached hydrogen (secondary N) is 2. The molecule has 0 radical (unpaired) electrons. The van der Waals surface area contributed by atoms with Crippen LogP contribution in [0.15, 0.2) is 24.3 Å². The molecule has 1 aromatic carbocycles. The lowest BCUT2D eigenvalue weighted by Gasteiger charge is -2.11. The van der Waals surface area contributed by atoms with E-state index in [1.165, 1.54) is 0 Å². The topological polar surface area (TPSA) is 78.4 Å². The Kier molecular flexibility index (Phi) is 4.81. The van der Waals surface area contributed by atoms with E-state index in [4.69, 9.17) is 5.11 Å². The molecule has 102 valence electrons. The van der Waals surface area contributed by atoms with Gasteiger partial charge in [-0.05, 0) is 24.1 Å². The van der Waals surface area contributed by atoms with Gasteiger partial charge in [0.25, 0.3) is 0 Å². The third-order valence-electron chi connectivity index (χ3n) is 2.85. The van der Waals surface area contributed by atoms with Gasteiger partial charge in [-0.2, -0.15) is 0 Å². The Labute approximate surface area is 115 Å². The summed E-state index contributed by atoms with van der Waals surface area (Å²) in [7, 11) is 0. The van der Waals surface area contributed by atoms with E-state index in [-0.39, 0.29) is 18.4 Å². The maximum absolute atomic E-state index is 11.9. The lowest BCUT2D eigenvalue weighted by Crippen LogP contribution is -2.37. The van der Waals surface area contributed by atoms with Gasteiger partial charge in [0.05, 0.1) is 6.04 Å². The predicted octanol–water partition coefficient (Wildman–Crippen LogP) is 1.30. The zero-order valence-corrected chi connectivity index (χ0v) is 11.2. The highest BCUT2D eigenvalue weighted by molar-refractivity contribution is 7.99. The molecule has 5 nitrogen and oxygen atoms in total. The van der Waals surface area contributed by atoms with Gasteiger partial charge < -0.3 is 10.4 Å². The summed E-state index contributed by atoms with van der Waals surface area (Å²) in [6, 6.07) is 7.17. The average Bonchev–Trinajstić information content (AvgIpc) is 2.91. The van der Waals surface area contributed by atoms with Crippen LogP contribution in [0.2, 0.25) is 0 Å². The van der Waals surface area contributed by atoms with Gasteiger partial charge in [0, 0.05) is 23.7 Å². The van der Waals surface area contributed by atoms with Crippen LogP contribution in [0.25, 0.3) is 0 Å². The zero-order chi connectivity index (χ0) is 13.7. The van der Waals surface area contributed by atoms with Gasteiger partial charge in [0.15, 0.2) is 0 Å². The molecular formula is C13H16N2O3S. The molecule has 1 atom stereocenters. The van der Waals surface area contributed by atoms with Crippen molar-refractivity contribution in [2.75, 3.05) is 16.9 Å². The van der Waals surface area contributed by atoms with Gasteiger partial charge in [-0.25, -0.2) is 0 Å². The molecule has 1 aromatic rings. The summed E-state index contributed by atoms with van der Waals surface area (Å²) in [4.78, 5) is 22.4. The molecule has 19 heavy (non-hydrogen) atoms. The molecule has 6 heteroatoms. The van der Waals surface area contributed by atoms with E-state index in [0.717, 1.165) is 17.2 Å². The molecule has 0 aromatic heterocycles.